The lowest BCUT2D eigenvalue weighted by atomic mass is 10.1. The summed E-state index contributed by atoms with van der Waals surface area (Å²) in [6, 6.07) is 0. The number of benzene rings is 1. The minimum Gasteiger partial charge on any atom is -0.203 e. The van der Waals surface area contributed by atoms with Crippen LogP contribution in [-0.2, 0) is 0 Å². The Bertz CT molecular complexity index is 345. The predicted molar refractivity (Wildman–Crippen MR) is 46.7 cm³/mol. The Morgan fingerprint density at radius 2 is 1.00 bits per heavy atom. The van der Waals surface area contributed by atoms with Crippen LogP contribution in [0.25, 0.3) is 6.08 Å². The molecule has 0 aliphatic rings. The fourth-order valence-corrected chi connectivity index (χ4v) is 0.801. The Morgan fingerprint density at radius 1 is 0.714 bits per heavy atom. The highest BCUT2D eigenvalue weighted by atomic mass is 32.1. The molecule has 0 aromatic heterocycles. The Balaban J connectivity index is 0.00000169. The molecule has 1 aromatic carbocycles. The zero-order chi connectivity index (χ0) is 10.2. The van der Waals surface area contributed by atoms with Gasteiger partial charge in [0.2, 0.25) is 5.82 Å². The zero-order valence-corrected chi connectivity index (χ0v) is 7.67. The highest BCUT2D eigenvalue weighted by Gasteiger charge is 2.23. The molecule has 1 aromatic rings. The van der Waals surface area contributed by atoms with E-state index in [4.69, 9.17) is 0 Å². The normalized spacial score (nSPS) is 9.50. The fourth-order valence-electron chi connectivity index (χ4n) is 0.801. The summed E-state index contributed by atoms with van der Waals surface area (Å²) in [4.78, 5) is 0. The Labute approximate surface area is 83.5 Å². The molecule has 0 aliphatic heterocycles. The summed E-state index contributed by atoms with van der Waals surface area (Å²) in [6.45, 7) is 2.93. The molecule has 0 N–H and O–H groups in total. The highest BCUT2D eigenvalue weighted by Crippen LogP contribution is 2.23. The first kappa shape index (κ1) is 13.0. The van der Waals surface area contributed by atoms with E-state index in [1.807, 2.05) is 0 Å². The van der Waals surface area contributed by atoms with Crippen molar-refractivity contribution in [3.05, 3.63) is 41.2 Å². The quantitative estimate of drug-likeness (QED) is 0.393. The maximum atomic E-state index is 12.6. The predicted octanol–water partition coefficient (Wildman–Crippen LogP) is 3.14. The van der Waals surface area contributed by atoms with Crippen LogP contribution >= 0.6 is 13.5 Å². The summed E-state index contributed by atoms with van der Waals surface area (Å²) >= 11 is 0. The monoisotopic (exact) mass is 228 g/mol. The Kier molecular flexibility index (Phi) is 4.12. The van der Waals surface area contributed by atoms with Gasteiger partial charge in [-0.3, -0.25) is 0 Å². The maximum absolute atomic E-state index is 12.6. The van der Waals surface area contributed by atoms with Crippen LogP contribution in [0.4, 0.5) is 22.0 Å². The van der Waals surface area contributed by atoms with Crippen molar-refractivity contribution >= 4 is 19.6 Å². The molecule has 0 aliphatic carbocycles. The second-order valence-corrected chi connectivity index (χ2v) is 2.19. The van der Waals surface area contributed by atoms with Gasteiger partial charge in [-0.1, -0.05) is 12.7 Å². The topological polar surface area (TPSA) is 0 Å². The van der Waals surface area contributed by atoms with Crippen LogP contribution in [0.3, 0.4) is 0 Å². The highest BCUT2D eigenvalue weighted by molar-refractivity contribution is 7.59. The van der Waals surface area contributed by atoms with E-state index in [2.05, 4.69) is 6.58 Å². The molecule has 0 bridgehead atoms. The fraction of sp³-hybridized carbons (Fsp3) is 0. The van der Waals surface area contributed by atoms with Gasteiger partial charge in [0.25, 0.3) is 0 Å². The zero-order valence-electron chi connectivity index (χ0n) is 6.67. The van der Waals surface area contributed by atoms with Gasteiger partial charge < -0.3 is 0 Å². The Morgan fingerprint density at radius 3 is 1.29 bits per heavy atom. The van der Waals surface area contributed by atoms with Crippen LogP contribution in [0.2, 0.25) is 0 Å². The van der Waals surface area contributed by atoms with Crippen LogP contribution < -0.4 is 0 Å². The number of halogens is 5. The second-order valence-electron chi connectivity index (χ2n) is 2.19. The molecule has 0 heterocycles. The van der Waals surface area contributed by atoms with Crippen LogP contribution in [0.1, 0.15) is 5.56 Å². The largest absolute Gasteiger partial charge is 0.203 e. The molecule has 14 heavy (non-hydrogen) atoms. The molecular weight excluding hydrogens is 223 g/mol. The molecule has 78 valence electrons. The molecule has 0 spiro atoms. The summed E-state index contributed by atoms with van der Waals surface area (Å²) in [5.41, 5.74) is -1.02. The number of rotatable bonds is 1. The molecule has 0 radical (unpaired) electrons. The van der Waals surface area contributed by atoms with E-state index >= 15 is 0 Å². The lowest BCUT2D eigenvalue weighted by Crippen LogP contribution is -2.03. The number of hydrogen-bond donors (Lipinski definition) is 0. The minimum absolute atomic E-state index is 0. The Hall–Kier alpha value is -1.04. The van der Waals surface area contributed by atoms with Gasteiger partial charge in [-0.15, -0.1) is 0 Å². The molecule has 1 rings (SSSR count). The summed E-state index contributed by atoms with van der Waals surface area (Å²) in [7, 11) is 0. The summed E-state index contributed by atoms with van der Waals surface area (Å²) < 4.78 is 62.4. The van der Waals surface area contributed by atoms with Crippen molar-refractivity contribution in [3.63, 3.8) is 0 Å². The van der Waals surface area contributed by atoms with Crippen molar-refractivity contribution in [2.24, 2.45) is 0 Å². The SMILES string of the molecule is C=Cc1c(F)c(F)c(F)c(F)c1F.S. The van der Waals surface area contributed by atoms with Gasteiger partial charge in [-0.05, 0) is 0 Å². The lowest BCUT2D eigenvalue weighted by Gasteiger charge is -2.02. The smallest absolute Gasteiger partial charge is 0.200 e. The van der Waals surface area contributed by atoms with Gasteiger partial charge >= 0.3 is 0 Å². The van der Waals surface area contributed by atoms with Crippen LogP contribution in [0.15, 0.2) is 6.58 Å². The van der Waals surface area contributed by atoms with E-state index < -0.39 is 34.6 Å². The van der Waals surface area contributed by atoms with Gasteiger partial charge in [0.05, 0.1) is 5.56 Å². The second kappa shape index (κ2) is 4.45. The minimum atomic E-state index is -2.17. The molecule has 0 amide bonds. The van der Waals surface area contributed by atoms with E-state index in [9.17, 15) is 22.0 Å². The third kappa shape index (κ3) is 1.75. The van der Waals surface area contributed by atoms with Crippen molar-refractivity contribution in [3.8, 4) is 0 Å². The summed E-state index contributed by atoms with van der Waals surface area (Å²) in [5.74, 6) is -9.83. The molecule has 0 fully saturated rings. The van der Waals surface area contributed by atoms with Gasteiger partial charge in [-0.2, -0.15) is 13.5 Å². The van der Waals surface area contributed by atoms with Gasteiger partial charge in [0, 0.05) is 0 Å². The van der Waals surface area contributed by atoms with Crippen molar-refractivity contribution < 1.29 is 22.0 Å². The van der Waals surface area contributed by atoms with Crippen LogP contribution in [0, 0.1) is 29.1 Å². The molecular formula is C8H5F5S. The molecule has 0 atom stereocenters. The third-order valence-corrected chi connectivity index (χ3v) is 1.45. The first-order chi connectivity index (χ1) is 6.00. The van der Waals surface area contributed by atoms with E-state index in [0.717, 1.165) is 0 Å². The van der Waals surface area contributed by atoms with Crippen molar-refractivity contribution in [1.29, 1.82) is 0 Å². The van der Waals surface area contributed by atoms with E-state index in [1.165, 1.54) is 0 Å². The van der Waals surface area contributed by atoms with Crippen molar-refractivity contribution in [2.75, 3.05) is 0 Å². The lowest BCUT2D eigenvalue weighted by molar-refractivity contribution is 0.377. The first-order valence-electron chi connectivity index (χ1n) is 3.14. The van der Waals surface area contributed by atoms with Gasteiger partial charge in [0.15, 0.2) is 23.3 Å². The average Bonchev–Trinajstić information content (AvgIpc) is 2.13. The van der Waals surface area contributed by atoms with Gasteiger partial charge in [0.1, 0.15) is 0 Å². The maximum Gasteiger partial charge on any atom is 0.200 e. The molecule has 0 unspecified atom stereocenters. The number of hydrogen-bond acceptors (Lipinski definition) is 0. The summed E-state index contributed by atoms with van der Waals surface area (Å²) in [5, 5.41) is 0. The van der Waals surface area contributed by atoms with Crippen molar-refractivity contribution in [1.82, 2.24) is 0 Å². The molecule has 6 heteroatoms. The van der Waals surface area contributed by atoms with Crippen molar-refractivity contribution in [2.45, 2.75) is 0 Å². The first-order valence-corrected chi connectivity index (χ1v) is 3.14. The van der Waals surface area contributed by atoms with Crippen LogP contribution in [0.5, 0.6) is 0 Å². The standard InChI is InChI=1S/C8H3F5.H2S/c1-2-3-4(9)6(11)8(13)7(12)5(3)10;/h2H,1H2;1H2. The van der Waals surface area contributed by atoms with E-state index in [1.54, 1.807) is 0 Å². The average molecular weight is 228 g/mol. The van der Waals surface area contributed by atoms with E-state index in [-0.39, 0.29) is 13.5 Å². The molecule has 0 nitrogen and oxygen atoms in total. The van der Waals surface area contributed by atoms with Crippen LogP contribution in [-0.4, -0.2) is 0 Å². The van der Waals surface area contributed by atoms with E-state index in [0.29, 0.717) is 6.08 Å². The third-order valence-electron chi connectivity index (χ3n) is 1.45. The summed E-state index contributed by atoms with van der Waals surface area (Å²) in [6.07, 6.45) is 0.566. The van der Waals surface area contributed by atoms with Gasteiger partial charge in [-0.25, -0.2) is 22.0 Å². The molecule has 0 saturated heterocycles. The molecule has 0 saturated carbocycles.